The molecule has 1 unspecified atom stereocenters. The van der Waals surface area contributed by atoms with E-state index in [1.807, 2.05) is 0 Å². The molecule has 0 spiro atoms. The summed E-state index contributed by atoms with van der Waals surface area (Å²) in [5.74, 6) is 0.364. The minimum Gasteiger partial charge on any atom is -0.356 e. The maximum absolute atomic E-state index is 12.1. The molecule has 0 bridgehead atoms. The Morgan fingerprint density at radius 3 is 2.48 bits per heavy atom. The highest BCUT2D eigenvalue weighted by molar-refractivity contribution is 7.92. The van der Waals surface area contributed by atoms with Crippen molar-refractivity contribution in [2.75, 3.05) is 25.4 Å². The van der Waals surface area contributed by atoms with E-state index < -0.39 is 9.84 Å². The minimum atomic E-state index is -3.07. The Morgan fingerprint density at radius 1 is 1.14 bits per heavy atom. The molecule has 7 heteroatoms. The van der Waals surface area contributed by atoms with Crippen molar-refractivity contribution in [2.24, 2.45) is 5.92 Å². The van der Waals surface area contributed by atoms with Crippen LogP contribution in [-0.2, 0) is 14.6 Å². The van der Waals surface area contributed by atoms with E-state index in [4.69, 9.17) is 0 Å². The number of hydrogen-bond donors (Lipinski definition) is 2. The van der Waals surface area contributed by atoms with Gasteiger partial charge in [0.05, 0.1) is 11.0 Å². The van der Waals surface area contributed by atoms with Gasteiger partial charge in [0, 0.05) is 13.0 Å². The van der Waals surface area contributed by atoms with E-state index in [0.29, 0.717) is 12.5 Å². The first-order chi connectivity index (χ1) is 9.58. The summed E-state index contributed by atoms with van der Waals surface area (Å²) in [5, 5.41) is 5.98. The molecule has 2 fully saturated rings. The number of halogens is 1. The zero-order valence-corrected chi connectivity index (χ0v) is 14.1. The fourth-order valence-corrected chi connectivity index (χ4v) is 4.95. The second-order valence-corrected chi connectivity index (χ2v) is 8.44. The largest absolute Gasteiger partial charge is 0.356 e. The van der Waals surface area contributed by atoms with E-state index in [0.717, 1.165) is 51.6 Å². The standard InChI is InChI=1S/C14H26N2O3S.ClH/c17-14(16-11-12-4-3-8-15-10-12)7-9-20(18,19)13-5-1-2-6-13;/h12-13,15H,1-11H2,(H,16,17);1H. The van der Waals surface area contributed by atoms with Crippen molar-refractivity contribution < 1.29 is 13.2 Å². The molecule has 1 amide bonds. The number of rotatable bonds is 6. The Morgan fingerprint density at radius 2 is 1.86 bits per heavy atom. The van der Waals surface area contributed by atoms with Crippen LogP contribution in [0.1, 0.15) is 44.9 Å². The van der Waals surface area contributed by atoms with Gasteiger partial charge in [0.25, 0.3) is 0 Å². The molecule has 0 aromatic heterocycles. The van der Waals surface area contributed by atoms with Crippen molar-refractivity contribution in [3.8, 4) is 0 Å². The second-order valence-electron chi connectivity index (χ2n) is 6.04. The van der Waals surface area contributed by atoms with E-state index in [-0.39, 0.29) is 35.7 Å². The lowest BCUT2D eigenvalue weighted by Gasteiger charge is -2.22. The summed E-state index contributed by atoms with van der Waals surface area (Å²) in [7, 11) is -3.07. The van der Waals surface area contributed by atoms with Crippen LogP contribution in [0.3, 0.4) is 0 Å². The summed E-state index contributed by atoms with van der Waals surface area (Å²) < 4.78 is 24.1. The number of nitrogens with one attached hydrogen (secondary N) is 2. The fraction of sp³-hybridized carbons (Fsp3) is 0.929. The van der Waals surface area contributed by atoms with Crippen molar-refractivity contribution in [2.45, 2.75) is 50.2 Å². The molecule has 2 N–H and O–H groups in total. The van der Waals surface area contributed by atoms with Gasteiger partial charge in [0.2, 0.25) is 5.91 Å². The topological polar surface area (TPSA) is 75.3 Å². The van der Waals surface area contributed by atoms with Gasteiger partial charge in [-0.05, 0) is 44.7 Å². The van der Waals surface area contributed by atoms with E-state index >= 15 is 0 Å². The Kier molecular flexibility index (Phi) is 7.98. The molecule has 0 aromatic rings. The van der Waals surface area contributed by atoms with Gasteiger partial charge in [0.1, 0.15) is 0 Å². The van der Waals surface area contributed by atoms with Crippen LogP contribution < -0.4 is 10.6 Å². The summed E-state index contributed by atoms with van der Waals surface area (Å²) >= 11 is 0. The molecular formula is C14H27ClN2O3S. The van der Waals surface area contributed by atoms with Crippen molar-refractivity contribution in [1.82, 2.24) is 10.6 Å². The maximum atomic E-state index is 12.1. The molecule has 1 aliphatic carbocycles. The fourth-order valence-electron chi connectivity index (χ4n) is 3.09. The van der Waals surface area contributed by atoms with Gasteiger partial charge >= 0.3 is 0 Å². The second kappa shape index (κ2) is 8.96. The highest BCUT2D eigenvalue weighted by Crippen LogP contribution is 2.25. The van der Waals surface area contributed by atoms with E-state index in [1.54, 1.807) is 0 Å². The van der Waals surface area contributed by atoms with Crippen LogP contribution in [0.15, 0.2) is 0 Å². The molecule has 5 nitrogen and oxygen atoms in total. The molecule has 0 aromatic carbocycles. The Labute approximate surface area is 134 Å². The maximum Gasteiger partial charge on any atom is 0.221 e. The first-order valence-corrected chi connectivity index (χ1v) is 9.48. The summed E-state index contributed by atoms with van der Waals surface area (Å²) in [6.07, 6.45) is 5.95. The van der Waals surface area contributed by atoms with Crippen LogP contribution >= 0.6 is 12.4 Å². The average Bonchev–Trinajstić information content (AvgIpc) is 2.99. The third-order valence-electron chi connectivity index (χ3n) is 4.41. The molecule has 1 atom stereocenters. The minimum absolute atomic E-state index is 0. The van der Waals surface area contributed by atoms with Crippen molar-refractivity contribution in [1.29, 1.82) is 0 Å². The van der Waals surface area contributed by atoms with Gasteiger partial charge in [-0.3, -0.25) is 4.79 Å². The molecule has 1 heterocycles. The first-order valence-electron chi connectivity index (χ1n) is 7.77. The van der Waals surface area contributed by atoms with Gasteiger partial charge in [0.15, 0.2) is 9.84 Å². The predicted molar refractivity (Wildman–Crippen MR) is 86.5 cm³/mol. The van der Waals surface area contributed by atoms with Crippen molar-refractivity contribution in [3.05, 3.63) is 0 Å². The molecule has 1 saturated carbocycles. The predicted octanol–water partition coefficient (Wildman–Crippen LogP) is 1.27. The molecule has 0 radical (unpaired) electrons. The highest BCUT2D eigenvalue weighted by Gasteiger charge is 2.28. The van der Waals surface area contributed by atoms with Crippen LogP contribution in [0.25, 0.3) is 0 Å². The summed E-state index contributed by atoms with van der Waals surface area (Å²) in [4.78, 5) is 11.8. The Bertz CT molecular complexity index is 416. The lowest BCUT2D eigenvalue weighted by atomic mass is 10.00. The normalized spacial score (nSPS) is 23.5. The molecule has 21 heavy (non-hydrogen) atoms. The SMILES string of the molecule is Cl.O=C(CCS(=O)(=O)C1CCCC1)NCC1CCCNC1. The van der Waals surface area contributed by atoms with Crippen molar-refractivity contribution >= 4 is 28.2 Å². The third kappa shape index (κ3) is 6.12. The number of hydrogen-bond acceptors (Lipinski definition) is 4. The summed E-state index contributed by atoms with van der Waals surface area (Å²) in [5.41, 5.74) is 0. The van der Waals surface area contributed by atoms with Gasteiger partial charge < -0.3 is 10.6 Å². The number of piperidine rings is 1. The molecule has 1 aliphatic heterocycles. The summed E-state index contributed by atoms with van der Waals surface area (Å²) in [6.45, 7) is 2.67. The van der Waals surface area contributed by atoms with E-state index in [2.05, 4.69) is 10.6 Å². The molecule has 1 saturated heterocycles. The Hall–Kier alpha value is -0.330. The van der Waals surface area contributed by atoms with Gasteiger partial charge in [-0.15, -0.1) is 12.4 Å². The first kappa shape index (κ1) is 18.7. The number of carbonyl (C=O) groups is 1. The molecule has 2 aliphatic rings. The number of sulfone groups is 1. The quantitative estimate of drug-likeness (QED) is 0.764. The lowest BCUT2D eigenvalue weighted by molar-refractivity contribution is -0.120. The van der Waals surface area contributed by atoms with Crippen LogP contribution in [-0.4, -0.2) is 45.0 Å². The van der Waals surface area contributed by atoms with Gasteiger partial charge in [-0.25, -0.2) is 8.42 Å². The van der Waals surface area contributed by atoms with Crippen LogP contribution in [0.5, 0.6) is 0 Å². The van der Waals surface area contributed by atoms with Crippen LogP contribution in [0.4, 0.5) is 0 Å². The smallest absolute Gasteiger partial charge is 0.221 e. The van der Waals surface area contributed by atoms with Gasteiger partial charge in [-0.2, -0.15) is 0 Å². The average molecular weight is 339 g/mol. The molecule has 124 valence electrons. The molecular weight excluding hydrogens is 312 g/mol. The zero-order chi connectivity index (χ0) is 14.4. The molecule has 2 rings (SSSR count). The lowest BCUT2D eigenvalue weighted by Crippen LogP contribution is -2.38. The third-order valence-corrected chi connectivity index (χ3v) is 6.67. The van der Waals surface area contributed by atoms with Crippen molar-refractivity contribution in [3.63, 3.8) is 0 Å². The summed E-state index contributed by atoms with van der Waals surface area (Å²) in [6, 6.07) is 0. The highest BCUT2D eigenvalue weighted by atomic mass is 35.5. The van der Waals surface area contributed by atoms with E-state index in [1.165, 1.54) is 0 Å². The van der Waals surface area contributed by atoms with Crippen LogP contribution in [0.2, 0.25) is 0 Å². The van der Waals surface area contributed by atoms with Gasteiger partial charge in [-0.1, -0.05) is 12.8 Å². The number of carbonyl (C=O) groups excluding carboxylic acids is 1. The monoisotopic (exact) mass is 338 g/mol. The van der Waals surface area contributed by atoms with Crippen LogP contribution in [0, 0.1) is 5.92 Å². The zero-order valence-electron chi connectivity index (χ0n) is 12.5. The number of amides is 1. The van der Waals surface area contributed by atoms with E-state index in [9.17, 15) is 13.2 Å². The Balaban J connectivity index is 0.00000220.